The Morgan fingerprint density at radius 1 is 1.33 bits per heavy atom. The predicted molar refractivity (Wildman–Crippen MR) is 81.2 cm³/mol. The molecule has 1 aromatic heterocycles. The van der Waals surface area contributed by atoms with Gasteiger partial charge in [0.15, 0.2) is 0 Å². The lowest BCUT2D eigenvalue weighted by atomic mass is 10.1. The third kappa shape index (κ3) is 3.57. The molecular weight excluding hydrogens is 292 g/mol. The number of rotatable bonds is 6. The largest absolute Gasteiger partial charge is 0.369 e. The first-order valence-electron chi connectivity index (χ1n) is 6.46. The average Bonchev–Trinajstić information content (AvgIpc) is 2.35. The van der Waals surface area contributed by atoms with Gasteiger partial charge in [0.1, 0.15) is 22.4 Å². The van der Waals surface area contributed by atoms with Gasteiger partial charge in [-0.15, -0.1) is 0 Å². The Kier molecular flexibility index (Phi) is 5.85. The second kappa shape index (κ2) is 6.92. The Morgan fingerprint density at radius 2 is 2.00 bits per heavy atom. The van der Waals surface area contributed by atoms with Crippen LogP contribution in [0.1, 0.15) is 34.1 Å². The van der Waals surface area contributed by atoms with Crippen LogP contribution in [0.25, 0.3) is 0 Å². The van der Waals surface area contributed by atoms with E-state index in [0.717, 1.165) is 29.1 Å². The molecule has 102 valence electrons. The van der Waals surface area contributed by atoms with E-state index >= 15 is 0 Å². The predicted octanol–water partition coefficient (Wildman–Crippen LogP) is 3.54. The molecule has 0 fully saturated rings. The standard InChI is InChI=1S/C13H23BrN4/c1-6-7-15-12-11(14)13(17-8-16-12)18(5)10(4)9(2)3/h8-10H,6-7H2,1-5H3,(H,15,16,17). The molecule has 0 spiro atoms. The number of aromatic nitrogens is 2. The second-order valence-corrected chi connectivity index (χ2v) is 5.68. The second-order valence-electron chi connectivity index (χ2n) is 4.88. The number of hydrogen-bond acceptors (Lipinski definition) is 4. The molecule has 0 saturated heterocycles. The van der Waals surface area contributed by atoms with Gasteiger partial charge in [0.2, 0.25) is 0 Å². The summed E-state index contributed by atoms with van der Waals surface area (Å²) in [4.78, 5) is 10.8. The molecule has 0 aliphatic carbocycles. The van der Waals surface area contributed by atoms with E-state index in [1.54, 1.807) is 6.33 Å². The van der Waals surface area contributed by atoms with Crippen molar-refractivity contribution in [3.8, 4) is 0 Å². The number of hydrogen-bond donors (Lipinski definition) is 1. The first-order chi connectivity index (χ1) is 8.49. The zero-order valence-corrected chi connectivity index (χ0v) is 13.5. The van der Waals surface area contributed by atoms with Crippen LogP contribution >= 0.6 is 15.9 Å². The van der Waals surface area contributed by atoms with E-state index in [1.807, 2.05) is 0 Å². The number of anilines is 2. The van der Waals surface area contributed by atoms with E-state index in [2.05, 4.69) is 70.9 Å². The summed E-state index contributed by atoms with van der Waals surface area (Å²) in [6.45, 7) is 9.69. The lowest BCUT2D eigenvalue weighted by Crippen LogP contribution is -2.34. The molecule has 1 atom stereocenters. The zero-order chi connectivity index (χ0) is 13.7. The molecule has 0 aliphatic heterocycles. The van der Waals surface area contributed by atoms with Crippen LogP contribution in [-0.4, -0.2) is 29.6 Å². The number of nitrogens with one attached hydrogen (secondary N) is 1. The Hall–Kier alpha value is -0.840. The highest BCUT2D eigenvalue weighted by molar-refractivity contribution is 9.10. The summed E-state index contributed by atoms with van der Waals surface area (Å²) in [7, 11) is 2.07. The van der Waals surface area contributed by atoms with Crippen molar-refractivity contribution < 1.29 is 0 Å². The van der Waals surface area contributed by atoms with E-state index in [0.29, 0.717) is 12.0 Å². The summed E-state index contributed by atoms with van der Waals surface area (Å²) in [6, 6.07) is 0.426. The summed E-state index contributed by atoms with van der Waals surface area (Å²) in [5.41, 5.74) is 0. The lowest BCUT2D eigenvalue weighted by Gasteiger charge is -2.29. The van der Waals surface area contributed by atoms with Gasteiger partial charge < -0.3 is 10.2 Å². The highest BCUT2D eigenvalue weighted by atomic mass is 79.9. The first kappa shape index (κ1) is 15.2. The molecule has 1 aromatic rings. The summed E-state index contributed by atoms with van der Waals surface area (Å²) in [5, 5.41) is 3.30. The van der Waals surface area contributed by atoms with Gasteiger partial charge in [0.05, 0.1) is 0 Å². The fourth-order valence-electron chi connectivity index (χ4n) is 1.61. The minimum atomic E-state index is 0.426. The molecule has 1 rings (SSSR count). The van der Waals surface area contributed by atoms with Crippen molar-refractivity contribution in [3.63, 3.8) is 0 Å². The van der Waals surface area contributed by atoms with Gasteiger partial charge >= 0.3 is 0 Å². The van der Waals surface area contributed by atoms with Gasteiger partial charge in [-0.2, -0.15) is 0 Å². The van der Waals surface area contributed by atoms with Crippen molar-refractivity contribution in [2.75, 3.05) is 23.8 Å². The van der Waals surface area contributed by atoms with Crippen LogP contribution in [0.15, 0.2) is 10.8 Å². The van der Waals surface area contributed by atoms with Gasteiger partial charge in [-0.1, -0.05) is 20.8 Å². The molecule has 1 heterocycles. The van der Waals surface area contributed by atoms with Crippen LogP contribution in [0, 0.1) is 5.92 Å². The summed E-state index contributed by atoms with van der Waals surface area (Å²) >= 11 is 3.60. The molecule has 0 saturated carbocycles. The van der Waals surface area contributed by atoms with Crippen molar-refractivity contribution in [2.45, 2.75) is 40.2 Å². The molecule has 18 heavy (non-hydrogen) atoms. The van der Waals surface area contributed by atoms with Gasteiger partial charge in [-0.25, -0.2) is 9.97 Å². The maximum atomic E-state index is 4.38. The van der Waals surface area contributed by atoms with Gasteiger partial charge in [-0.05, 0) is 35.2 Å². The third-order valence-electron chi connectivity index (χ3n) is 3.22. The van der Waals surface area contributed by atoms with Crippen LogP contribution < -0.4 is 10.2 Å². The van der Waals surface area contributed by atoms with Crippen molar-refractivity contribution in [2.24, 2.45) is 5.92 Å². The molecule has 1 unspecified atom stereocenters. The third-order valence-corrected chi connectivity index (χ3v) is 3.95. The van der Waals surface area contributed by atoms with Gasteiger partial charge in [0, 0.05) is 19.6 Å². The average molecular weight is 315 g/mol. The summed E-state index contributed by atoms with van der Waals surface area (Å²) < 4.78 is 0.938. The molecule has 0 bridgehead atoms. The first-order valence-corrected chi connectivity index (χ1v) is 7.25. The van der Waals surface area contributed by atoms with E-state index in [9.17, 15) is 0 Å². The van der Waals surface area contributed by atoms with Gasteiger partial charge in [0.25, 0.3) is 0 Å². The van der Waals surface area contributed by atoms with E-state index in [1.165, 1.54) is 0 Å². The topological polar surface area (TPSA) is 41.1 Å². The van der Waals surface area contributed by atoms with Crippen LogP contribution in [0.4, 0.5) is 11.6 Å². The van der Waals surface area contributed by atoms with Crippen LogP contribution in [0.3, 0.4) is 0 Å². The van der Waals surface area contributed by atoms with Crippen LogP contribution in [0.5, 0.6) is 0 Å². The normalized spacial score (nSPS) is 12.6. The molecule has 1 N–H and O–H groups in total. The van der Waals surface area contributed by atoms with E-state index < -0.39 is 0 Å². The lowest BCUT2D eigenvalue weighted by molar-refractivity contribution is 0.502. The Balaban J connectivity index is 2.95. The van der Waals surface area contributed by atoms with Crippen molar-refractivity contribution in [1.29, 1.82) is 0 Å². The molecular formula is C13H23BrN4. The minimum absolute atomic E-state index is 0.426. The quantitative estimate of drug-likeness (QED) is 0.872. The fourth-order valence-corrected chi connectivity index (χ4v) is 2.24. The molecule has 5 heteroatoms. The Morgan fingerprint density at radius 3 is 2.56 bits per heavy atom. The minimum Gasteiger partial charge on any atom is -0.369 e. The van der Waals surface area contributed by atoms with Crippen molar-refractivity contribution >= 4 is 27.6 Å². The zero-order valence-electron chi connectivity index (χ0n) is 11.9. The van der Waals surface area contributed by atoms with Crippen LogP contribution in [0.2, 0.25) is 0 Å². The maximum Gasteiger partial charge on any atom is 0.148 e. The highest BCUT2D eigenvalue weighted by Crippen LogP contribution is 2.30. The summed E-state index contributed by atoms with van der Waals surface area (Å²) in [6.07, 6.45) is 2.69. The van der Waals surface area contributed by atoms with Crippen molar-refractivity contribution in [1.82, 2.24) is 9.97 Å². The maximum absolute atomic E-state index is 4.38. The van der Waals surface area contributed by atoms with Crippen molar-refractivity contribution in [3.05, 3.63) is 10.8 Å². The SMILES string of the molecule is CCCNc1ncnc(N(C)C(C)C(C)C)c1Br. The fraction of sp³-hybridized carbons (Fsp3) is 0.692. The molecule has 0 aromatic carbocycles. The molecule has 4 nitrogen and oxygen atoms in total. The summed E-state index contributed by atoms with van der Waals surface area (Å²) in [5.74, 6) is 2.37. The monoisotopic (exact) mass is 314 g/mol. The van der Waals surface area contributed by atoms with E-state index in [-0.39, 0.29) is 0 Å². The number of nitrogens with zero attached hydrogens (tertiary/aromatic N) is 3. The molecule has 0 radical (unpaired) electrons. The van der Waals surface area contributed by atoms with Gasteiger partial charge in [-0.3, -0.25) is 0 Å². The molecule has 0 aliphatic rings. The van der Waals surface area contributed by atoms with E-state index in [4.69, 9.17) is 0 Å². The highest BCUT2D eigenvalue weighted by Gasteiger charge is 2.19. The molecule has 0 amide bonds. The smallest absolute Gasteiger partial charge is 0.148 e. The number of halogens is 1. The Bertz CT molecular complexity index is 381. The Labute approximate surface area is 118 Å². The van der Waals surface area contributed by atoms with Crippen LogP contribution in [-0.2, 0) is 0 Å².